The molecule has 2 aliphatic heterocycles. The van der Waals surface area contributed by atoms with Gasteiger partial charge < -0.3 is 29.7 Å². The molecule has 3 N–H and O–H groups in total. The Balaban J connectivity index is 1.21. The highest BCUT2D eigenvalue weighted by Crippen LogP contribution is 2.48. The Hall–Kier alpha value is -4.61. The molecule has 3 aliphatic carbocycles. The average Bonchev–Trinajstić information content (AvgIpc) is 4.12. The molecule has 18 heteroatoms. The molecule has 0 bridgehead atoms. The number of fused-ring (bicyclic) bond motifs is 3. The number of allylic oxidation sites excluding steroid dienone is 1. The number of amides is 4. The van der Waals surface area contributed by atoms with Crippen LogP contribution in [0, 0.1) is 23.7 Å². The summed E-state index contributed by atoms with van der Waals surface area (Å²) in [6.07, 6.45) is 2.47. The van der Waals surface area contributed by atoms with Crippen LogP contribution in [-0.2, 0) is 29.1 Å². The third-order valence-electron chi connectivity index (χ3n) is 12.7. The number of benzene rings is 1. The number of hydrogen-bond acceptors (Lipinski definition) is 10. The third kappa shape index (κ3) is 9.03. The molecule has 1 aromatic carbocycles. The van der Waals surface area contributed by atoms with Crippen molar-refractivity contribution < 1.29 is 55.0 Å². The van der Waals surface area contributed by atoms with Crippen LogP contribution < -0.4 is 24.8 Å². The first-order valence-corrected chi connectivity index (χ1v) is 22.2. The van der Waals surface area contributed by atoms with Crippen LogP contribution in [0.25, 0.3) is 10.8 Å². The second-order valence-electron chi connectivity index (χ2n) is 18.2. The number of halogens is 3. The molecule has 14 nitrogen and oxygen atoms in total. The van der Waals surface area contributed by atoms with E-state index in [2.05, 4.69) is 20.3 Å². The van der Waals surface area contributed by atoms with Gasteiger partial charge in [-0.25, -0.2) is 18.2 Å². The average molecular weight is 862 g/mol. The van der Waals surface area contributed by atoms with Crippen molar-refractivity contribution in [1.29, 1.82) is 0 Å². The highest BCUT2D eigenvalue weighted by atomic mass is 32.2. The molecule has 2 aromatic rings. The first-order valence-electron chi connectivity index (χ1n) is 20.7. The predicted molar refractivity (Wildman–Crippen MR) is 213 cm³/mol. The molecule has 7 rings (SSSR count). The number of aromatic nitrogens is 1. The molecule has 5 aliphatic rings. The van der Waals surface area contributed by atoms with Gasteiger partial charge in [0.05, 0.1) is 24.1 Å². The maximum Gasteiger partial charge on any atom is 0.427 e. The molecule has 4 fully saturated rings. The monoisotopic (exact) mass is 861 g/mol. The van der Waals surface area contributed by atoms with Gasteiger partial charge in [0.2, 0.25) is 33.3 Å². The second-order valence-corrected chi connectivity index (χ2v) is 20.4. The number of pyridine rings is 1. The van der Waals surface area contributed by atoms with Gasteiger partial charge in [-0.15, -0.1) is 0 Å². The van der Waals surface area contributed by atoms with Crippen molar-refractivity contribution in [3.05, 3.63) is 42.6 Å². The Kier molecular flexibility index (Phi) is 11.6. The summed E-state index contributed by atoms with van der Waals surface area (Å²) in [5.41, 5.74) is -4.52. The largest absolute Gasteiger partial charge is 0.491 e. The lowest BCUT2D eigenvalue weighted by molar-refractivity contribution is -0.244. The maximum atomic E-state index is 14.8. The van der Waals surface area contributed by atoms with E-state index < -0.39 is 85.9 Å². The summed E-state index contributed by atoms with van der Waals surface area (Å²) < 4.78 is 86.2. The Morgan fingerprint density at radius 3 is 2.42 bits per heavy atom. The summed E-state index contributed by atoms with van der Waals surface area (Å²) in [6, 6.07) is 4.59. The molecular formula is C42H54F3N5O9S. The summed E-state index contributed by atoms with van der Waals surface area (Å²) in [5.74, 6) is -2.37. The lowest BCUT2D eigenvalue weighted by Gasteiger charge is -2.34. The fraction of sp³-hybridized carbons (Fsp3) is 0.643. The molecule has 1 saturated heterocycles. The summed E-state index contributed by atoms with van der Waals surface area (Å²) in [5, 5.41) is 6.58. The zero-order chi connectivity index (χ0) is 43.4. The Morgan fingerprint density at radius 1 is 1.05 bits per heavy atom. The maximum absolute atomic E-state index is 14.8. The first kappa shape index (κ1) is 43.5. The van der Waals surface area contributed by atoms with E-state index in [-0.39, 0.29) is 31.2 Å². The number of nitrogens with zero attached hydrogens (tertiary/aromatic N) is 2. The molecule has 60 heavy (non-hydrogen) atoms. The smallest absolute Gasteiger partial charge is 0.427 e. The lowest BCUT2D eigenvalue weighted by Crippen LogP contribution is -2.59. The highest BCUT2D eigenvalue weighted by Gasteiger charge is 2.63. The number of alkyl carbamates (subject to hydrolysis) is 1. The predicted octanol–water partition coefficient (Wildman–Crippen LogP) is 5.69. The summed E-state index contributed by atoms with van der Waals surface area (Å²) in [6.45, 7) is 6.93. The van der Waals surface area contributed by atoms with Crippen molar-refractivity contribution in [3.8, 4) is 11.6 Å². The molecule has 0 unspecified atom stereocenters. The van der Waals surface area contributed by atoms with Gasteiger partial charge >= 0.3 is 12.3 Å². The second kappa shape index (κ2) is 16.0. The number of sulfonamides is 1. The topological polar surface area (TPSA) is 182 Å². The first-order chi connectivity index (χ1) is 28.1. The fourth-order valence-corrected chi connectivity index (χ4v) is 9.35. The zero-order valence-corrected chi connectivity index (χ0v) is 35.3. The summed E-state index contributed by atoms with van der Waals surface area (Å²) >= 11 is 0. The molecule has 1 aromatic heterocycles. The van der Waals surface area contributed by atoms with Crippen LogP contribution in [0.2, 0.25) is 0 Å². The van der Waals surface area contributed by atoms with Crippen LogP contribution in [0.3, 0.4) is 0 Å². The number of alkyl halides is 3. The van der Waals surface area contributed by atoms with Crippen molar-refractivity contribution in [2.24, 2.45) is 23.7 Å². The van der Waals surface area contributed by atoms with Crippen LogP contribution in [0.5, 0.6) is 11.6 Å². The van der Waals surface area contributed by atoms with Gasteiger partial charge in [-0.05, 0) is 96.0 Å². The van der Waals surface area contributed by atoms with Gasteiger partial charge in [0, 0.05) is 23.1 Å². The van der Waals surface area contributed by atoms with E-state index in [0.717, 1.165) is 18.2 Å². The van der Waals surface area contributed by atoms with E-state index in [9.17, 15) is 40.8 Å². The van der Waals surface area contributed by atoms with E-state index in [1.54, 1.807) is 26.1 Å². The van der Waals surface area contributed by atoms with E-state index in [4.69, 9.17) is 14.2 Å². The van der Waals surface area contributed by atoms with Crippen LogP contribution in [0.4, 0.5) is 18.0 Å². The Morgan fingerprint density at radius 2 is 1.75 bits per heavy atom. The minimum Gasteiger partial charge on any atom is -0.491 e. The van der Waals surface area contributed by atoms with Gasteiger partial charge in [0.15, 0.2) is 0 Å². The zero-order valence-electron chi connectivity index (χ0n) is 34.5. The molecule has 328 valence electrons. The van der Waals surface area contributed by atoms with Crippen LogP contribution >= 0.6 is 0 Å². The number of ether oxygens (including phenoxy) is 3. The number of nitrogens with one attached hydrogen (secondary N) is 3. The number of rotatable bonds is 10. The Labute approximate surface area is 347 Å². The van der Waals surface area contributed by atoms with Crippen molar-refractivity contribution in [3.63, 3.8) is 0 Å². The van der Waals surface area contributed by atoms with Gasteiger partial charge in [0.25, 0.3) is 5.91 Å². The SMILES string of the molecule is C[C@@H]1CC/C=C/[C@@H]2C[C@@]2(C(=O)NS(=O)(=O)C2(C)CC2)NC(=O)[C@@H]2C[C@@H](Oc3ncc(OCC4CC4)c4ccccc34)CN2C(=O)[C@@H](NC(=O)OC(C)(C)C(F)(F)F)[C@H](C)C1. The van der Waals surface area contributed by atoms with E-state index >= 15 is 0 Å². The molecular weight excluding hydrogens is 808 g/mol. The molecule has 0 spiro atoms. The molecule has 3 saturated carbocycles. The van der Waals surface area contributed by atoms with Crippen LogP contribution in [0.15, 0.2) is 42.6 Å². The summed E-state index contributed by atoms with van der Waals surface area (Å²) in [4.78, 5) is 62.3. The number of carbonyl (C=O) groups is 4. The third-order valence-corrected chi connectivity index (χ3v) is 14.9. The molecule has 3 heterocycles. The van der Waals surface area contributed by atoms with Gasteiger partial charge in [-0.3, -0.25) is 19.1 Å². The highest BCUT2D eigenvalue weighted by molar-refractivity contribution is 7.91. The van der Waals surface area contributed by atoms with Gasteiger partial charge in [-0.2, -0.15) is 13.2 Å². The van der Waals surface area contributed by atoms with E-state index in [1.165, 1.54) is 4.90 Å². The molecule has 4 amide bonds. The summed E-state index contributed by atoms with van der Waals surface area (Å²) in [7, 11) is -4.08. The van der Waals surface area contributed by atoms with Crippen LogP contribution in [0.1, 0.15) is 92.4 Å². The molecule has 0 radical (unpaired) electrons. The van der Waals surface area contributed by atoms with Crippen LogP contribution in [-0.4, -0.2) is 95.5 Å². The van der Waals surface area contributed by atoms with E-state index in [0.29, 0.717) is 69.6 Å². The molecule has 7 atom stereocenters. The quantitative estimate of drug-likeness (QED) is 0.251. The standard InChI is InChI=1S/C42H54F3N5O9S/c1-24-10-6-7-11-27-20-41(27,37(53)49-60(55,56)40(5)16-17-40)48-34(51)31-19-28(58-35-30-13-9-8-12-29(30)32(21-46-35)57-23-26-14-15-26)22-50(31)36(52)33(25(2)18-24)47-38(54)59-39(3,4)42(43,44)45/h7-9,11-13,21,24-28,31,33H,6,10,14-20,22-23H2,1-5H3,(H,47,54)(H,48,51)(H,49,53)/b11-7+/t24-,25-,27-,28-,31+,33+,41-/m1/s1. The van der Waals surface area contributed by atoms with Crippen molar-refractivity contribution in [2.45, 2.75) is 133 Å². The van der Waals surface area contributed by atoms with Crippen molar-refractivity contribution in [2.75, 3.05) is 13.2 Å². The van der Waals surface area contributed by atoms with E-state index in [1.807, 2.05) is 37.3 Å². The number of carbonyl (C=O) groups excluding carboxylic acids is 4. The Bertz CT molecular complexity index is 2160. The van der Waals surface area contributed by atoms with Crippen molar-refractivity contribution >= 4 is 44.6 Å². The lowest BCUT2D eigenvalue weighted by atomic mass is 9.88. The fourth-order valence-electron chi connectivity index (χ4n) is 8.04. The van der Waals surface area contributed by atoms with Gasteiger partial charge in [0.1, 0.15) is 29.5 Å². The normalized spacial score (nSPS) is 30.1. The minimum absolute atomic E-state index is 0.0352. The van der Waals surface area contributed by atoms with Crippen molar-refractivity contribution in [1.82, 2.24) is 25.2 Å². The minimum atomic E-state index is -4.91. The number of hydrogen-bond donors (Lipinski definition) is 3. The van der Waals surface area contributed by atoms with Gasteiger partial charge in [-0.1, -0.05) is 44.2 Å².